The molecule has 124 valence electrons. The largest absolute Gasteiger partial charge is 0.423 e. The number of aryl methyl sites for hydroxylation is 2. The van der Waals surface area contributed by atoms with Crippen molar-refractivity contribution in [2.45, 2.75) is 13.8 Å². The summed E-state index contributed by atoms with van der Waals surface area (Å²) in [5.74, 6) is 0.129. The van der Waals surface area contributed by atoms with Gasteiger partial charge in [-0.25, -0.2) is 4.79 Å². The van der Waals surface area contributed by atoms with E-state index in [-0.39, 0.29) is 0 Å². The molecule has 0 saturated carbocycles. The zero-order valence-corrected chi connectivity index (χ0v) is 14.1. The van der Waals surface area contributed by atoms with Crippen molar-refractivity contribution in [3.63, 3.8) is 0 Å². The van der Waals surface area contributed by atoms with Gasteiger partial charge in [0, 0.05) is 0 Å². The fourth-order valence-electron chi connectivity index (χ4n) is 2.16. The predicted octanol–water partition coefficient (Wildman–Crippen LogP) is 5.94. The number of hydrogen-bond acceptors (Lipinski definition) is 4. The number of carbonyl (C=O) groups is 1. The van der Waals surface area contributed by atoms with Gasteiger partial charge in [-0.1, -0.05) is 35.4 Å². The second kappa shape index (κ2) is 7.53. The van der Waals surface area contributed by atoms with Gasteiger partial charge >= 0.3 is 5.97 Å². The van der Waals surface area contributed by atoms with Crippen LogP contribution in [0.5, 0.6) is 5.75 Å². The second-order valence-electron chi connectivity index (χ2n) is 5.78. The standard InChI is InChI=1S/C21H18N2O2/c1-15-3-9-18(10-4-15)22-23-19-11-7-17(8-12-19)21(24)25-20-13-5-16(2)6-14-20/h3-14H,1-2H3. The number of benzene rings is 3. The third-order valence-electron chi connectivity index (χ3n) is 3.65. The van der Waals surface area contributed by atoms with Gasteiger partial charge in [0.05, 0.1) is 16.9 Å². The Kier molecular flexibility index (Phi) is 5.00. The predicted molar refractivity (Wildman–Crippen MR) is 97.9 cm³/mol. The van der Waals surface area contributed by atoms with Gasteiger partial charge in [-0.3, -0.25) is 0 Å². The van der Waals surface area contributed by atoms with E-state index in [4.69, 9.17) is 4.74 Å². The molecule has 3 aromatic rings. The lowest BCUT2D eigenvalue weighted by Gasteiger charge is -2.04. The fourth-order valence-corrected chi connectivity index (χ4v) is 2.16. The lowest BCUT2D eigenvalue weighted by Crippen LogP contribution is -2.07. The van der Waals surface area contributed by atoms with E-state index in [0.29, 0.717) is 17.0 Å². The molecule has 0 amide bonds. The molecule has 25 heavy (non-hydrogen) atoms. The summed E-state index contributed by atoms with van der Waals surface area (Å²) in [6.07, 6.45) is 0. The molecule has 0 aliphatic carbocycles. The molecule has 3 aromatic carbocycles. The van der Waals surface area contributed by atoms with Crippen LogP contribution >= 0.6 is 0 Å². The third-order valence-corrected chi connectivity index (χ3v) is 3.65. The summed E-state index contributed by atoms with van der Waals surface area (Å²) in [6, 6.07) is 22.0. The highest BCUT2D eigenvalue weighted by atomic mass is 16.5. The molecule has 0 heterocycles. The molecule has 0 spiro atoms. The molecular formula is C21H18N2O2. The topological polar surface area (TPSA) is 51.0 Å². The first-order valence-electron chi connectivity index (χ1n) is 7.97. The van der Waals surface area contributed by atoms with Crippen LogP contribution in [0.3, 0.4) is 0 Å². The molecule has 3 rings (SSSR count). The highest BCUT2D eigenvalue weighted by molar-refractivity contribution is 5.91. The Balaban J connectivity index is 1.66. The Morgan fingerprint density at radius 3 is 1.64 bits per heavy atom. The van der Waals surface area contributed by atoms with Gasteiger partial charge in [-0.2, -0.15) is 10.2 Å². The second-order valence-corrected chi connectivity index (χ2v) is 5.78. The molecule has 0 aliphatic heterocycles. The van der Waals surface area contributed by atoms with Gasteiger partial charge in [0.1, 0.15) is 5.75 Å². The maximum Gasteiger partial charge on any atom is 0.343 e. The van der Waals surface area contributed by atoms with Gasteiger partial charge in [0.15, 0.2) is 0 Å². The van der Waals surface area contributed by atoms with Crippen LogP contribution in [0, 0.1) is 13.8 Å². The van der Waals surface area contributed by atoms with Gasteiger partial charge in [0.2, 0.25) is 0 Å². The zero-order valence-electron chi connectivity index (χ0n) is 14.1. The minimum Gasteiger partial charge on any atom is -0.423 e. The first-order valence-corrected chi connectivity index (χ1v) is 7.97. The van der Waals surface area contributed by atoms with Crippen molar-refractivity contribution < 1.29 is 9.53 Å². The lowest BCUT2D eigenvalue weighted by atomic mass is 10.2. The van der Waals surface area contributed by atoms with Crippen LogP contribution in [0.15, 0.2) is 83.0 Å². The minimum absolute atomic E-state index is 0.397. The number of carbonyl (C=O) groups excluding carboxylic acids is 1. The molecular weight excluding hydrogens is 312 g/mol. The molecule has 4 nitrogen and oxygen atoms in total. The average Bonchev–Trinajstić information content (AvgIpc) is 2.63. The molecule has 0 N–H and O–H groups in total. The van der Waals surface area contributed by atoms with Crippen LogP contribution in [0.1, 0.15) is 21.5 Å². The number of esters is 1. The van der Waals surface area contributed by atoms with E-state index in [1.165, 1.54) is 5.56 Å². The highest BCUT2D eigenvalue weighted by Gasteiger charge is 2.08. The van der Waals surface area contributed by atoms with Crippen LogP contribution < -0.4 is 4.74 Å². The summed E-state index contributed by atoms with van der Waals surface area (Å²) >= 11 is 0. The molecule has 0 aliphatic rings. The van der Waals surface area contributed by atoms with Gasteiger partial charge < -0.3 is 4.74 Å². The quantitative estimate of drug-likeness (QED) is 0.338. The van der Waals surface area contributed by atoms with Crippen molar-refractivity contribution in [2.75, 3.05) is 0 Å². The van der Waals surface area contributed by atoms with Crippen molar-refractivity contribution in [1.29, 1.82) is 0 Å². The zero-order chi connectivity index (χ0) is 17.6. The number of ether oxygens (including phenoxy) is 1. The van der Waals surface area contributed by atoms with Crippen molar-refractivity contribution >= 4 is 17.3 Å². The SMILES string of the molecule is Cc1ccc(N=Nc2ccc(C(=O)Oc3ccc(C)cc3)cc2)cc1. The molecule has 0 atom stereocenters. The number of hydrogen-bond donors (Lipinski definition) is 0. The number of rotatable bonds is 4. The van der Waals surface area contributed by atoms with Gasteiger partial charge in [-0.15, -0.1) is 0 Å². The normalized spacial score (nSPS) is 10.8. The smallest absolute Gasteiger partial charge is 0.343 e. The lowest BCUT2D eigenvalue weighted by molar-refractivity contribution is 0.0735. The highest BCUT2D eigenvalue weighted by Crippen LogP contribution is 2.20. The Morgan fingerprint density at radius 1 is 0.680 bits per heavy atom. The first-order chi connectivity index (χ1) is 12.1. The van der Waals surface area contributed by atoms with E-state index in [2.05, 4.69) is 10.2 Å². The Hall–Kier alpha value is -3.27. The molecule has 0 radical (unpaired) electrons. The summed E-state index contributed by atoms with van der Waals surface area (Å²) in [6.45, 7) is 4.00. The van der Waals surface area contributed by atoms with Crippen LogP contribution in [0.2, 0.25) is 0 Å². The Morgan fingerprint density at radius 2 is 1.12 bits per heavy atom. The molecule has 0 fully saturated rings. The van der Waals surface area contributed by atoms with E-state index >= 15 is 0 Å². The van der Waals surface area contributed by atoms with Gasteiger partial charge in [-0.05, 0) is 62.4 Å². The Labute approximate surface area is 146 Å². The summed E-state index contributed by atoms with van der Waals surface area (Å²) in [4.78, 5) is 12.1. The monoisotopic (exact) mass is 330 g/mol. The molecule has 0 aromatic heterocycles. The molecule has 0 saturated heterocycles. The molecule has 4 heteroatoms. The van der Waals surface area contributed by atoms with Crippen LogP contribution in [0.25, 0.3) is 0 Å². The first kappa shape index (κ1) is 16.6. The van der Waals surface area contributed by atoms with E-state index < -0.39 is 5.97 Å². The Bertz CT molecular complexity index is 881. The average molecular weight is 330 g/mol. The van der Waals surface area contributed by atoms with Crippen molar-refractivity contribution in [2.24, 2.45) is 10.2 Å². The van der Waals surface area contributed by atoms with E-state index in [1.807, 2.05) is 50.2 Å². The summed E-state index contributed by atoms with van der Waals surface area (Å²) in [5.41, 5.74) is 4.22. The van der Waals surface area contributed by atoms with Crippen molar-refractivity contribution in [3.05, 3.63) is 89.5 Å². The number of azo groups is 1. The van der Waals surface area contributed by atoms with Crippen molar-refractivity contribution in [1.82, 2.24) is 0 Å². The van der Waals surface area contributed by atoms with E-state index in [1.54, 1.807) is 36.4 Å². The van der Waals surface area contributed by atoms with Crippen molar-refractivity contribution in [3.8, 4) is 5.75 Å². The molecule has 0 unspecified atom stereocenters. The summed E-state index contributed by atoms with van der Waals surface area (Å²) in [5, 5.41) is 8.35. The van der Waals surface area contributed by atoms with E-state index in [0.717, 1.165) is 11.3 Å². The van der Waals surface area contributed by atoms with Crippen LogP contribution in [-0.4, -0.2) is 5.97 Å². The van der Waals surface area contributed by atoms with Crippen LogP contribution in [0.4, 0.5) is 11.4 Å². The molecule has 0 bridgehead atoms. The van der Waals surface area contributed by atoms with Gasteiger partial charge in [0.25, 0.3) is 0 Å². The van der Waals surface area contributed by atoms with Crippen LogP contribution in [-0.2, 0) is 0 Å². The summed E-state index contributed by atoms with van der Waals surface area (Å²) < 4.78 is 5.34. The minimum atomic E-state index is -0.397. The third kappa shape index (κ3) is 4.61. The maximum atomic E-state index is 12.1. The number of nitrogens with zero attached hydrogens (tertiary/aromatic N) is 2. The van der Waals surface area contributed by atoms with E-state index in [9.17, 15) is 4.79 Å². The fraction of sp³-hybridized carbons (Fsp3) is 0.0952. The maximum absolute atomic E-state index is 12.1. The summed E-state index contributed by atoms with van der Waals surface area (Å²) in [7, 11) is 0.